The molecule has 3 aromatic rings. The lowest BCUT2D eigenvalue weighted by Crippen LogP contribution is -2.05. The molecule has 6 nitrogen and oxygen atoms in total. The summed E-state index contributed by atoms with van der Waals surface area (Å²) in [6.45, 7) is 1.82. The molecule has 1 heterocycles. The molecule has 0 aliphatic carbocycles. The molecule has 1 N–H and O–H groups in total. The van der Waals surface area contributed by atoms with Gasteiger partial charge in [0.05, 0.1) is 18.2 Å². The maximum Gasteiger partial charge on any atom is 0.247 e. The molecule has 6 heteroatoms. The number of hydrogen-bond acceptors (Lipinski definition) is 6. The van der Waals surface area contributed by atoms with Crippen molar-refractivity contribution < 1.29 is 9.21 Å². The molecule has 0 amide bonds. The predicted octanol–water partition coefficient (Wildman–Crippen LogP) is 3.42. The van der Waals surface area contributed by atoms with Crippen LogP contribution >= 0.6 is 0 Å². The number of carbonyl (C=O) groups excluding carboxylic acids is 1. The highest BCUT2D eigenvalue weighted by Crippen LogP contribution is 2.20. The highest BCUT2D eigenvalue weighted by atomic mass is 16.4. The van der Waals surface area contributed by atoms with Gasteiger partial charge < -0.3 is 9.73 Å². The SMILES string of the molecule is CC(=O)c1ccccc1NCc1nnc(-c2cccc(C#N)c2)o1. The highest BCUT2D eigenvalue weighted by molar-refractivity contribution is 5.99. The molecule has 0 spiro atoms. The molecule has 0 aliphatic rings. The molecule has 0 saturated heterocycles. The van der Waals surface area contributed by atoms with E-state index in [1.54, 1.807) is 30.3 Å². The lowest BCUT2D eigenvalue weighted by Gasteiger charge is -2.07. The van der Waals surface area contributed by atoms with Gasteiger partial charge in [0.1, 0.15) is 0 Å². The van der Waals surface area contributed by atoms with Gasteiger partial charge in [0.2, 0.25) is 11.8 Å². The topological polar surface area (TPSA) is 91.8 Å². The van der Waals surface area contributed by atoms with Crippen LogP contribution in [0.15, 0.2) is 52.9 Å². The van der Waals surface area contributed by atoms with E-state index < -0.39 is 0 Å². The Morgan fingerprint density at radius 1 is 1.21 bits per heavy atom. The fourth-order valence-corrected chi connectivity index (χ4v) is 2.28. The summed E-state index contributed by atoms with van der Waals surface area (Å²) in [5.74, 6) is 0.729. The minimum Gasteiger partial charge on any atom is -0.419 e. The van der Waals surface area contributed by atoms with E-state index in [9.17, 15) is 4.79 Å². The number of anilines is 1. The zero-order chi connectivity index (χ0) is 16.9. The fourth-order valence-electron chi connectivity index (χ4n) is 2.28. The standard InChI is InChI=1S/C18H14N4O2/c1-12(23)15-7-2-3-8-16(15)20-11-17-21-22-18(24-17)14-6-4-5-13(9-14)10-19/h2-9,20H,11H2,1H3. The Bertz CT molecular complexity index is 925. The van der Waals surface area contributed by atoms with E-state index in [-0.39, 0.29) is 5.78 Å². The molecule has 0 aliphatic heterocycles. The van der Waals surface area contributed by atoms with Crippen molar-refractivity contribution in [2.24, 2.45) is 0 Å². The zero-order valence-corrected chi connectivity index (χ0v) is 13.0. The van der Waals surface area contributed by atoms with Gasteiger partial charge in [-0.05, 0) is 37.3 Å². The lowest BCUT2D eigenvalue weighted by atomic mass is 10.1. The van der Waals surface area contributed by atoms with Crippen LogP contribution in [-0.2, 0) is 6.54 Å². The van der Waals surface area contributed by atoms with Gasteiger partial charge in [-0.15, -0.1) is 10.2 Å². The number of nitrogens with one attached hydrogen (secondary N) is 1. The molecule has 0 fully saturated rings. The molecule has 0 unspecified atom stereocenters. The number of para-hydroxylation sites is 1. The minimum absolute atomic E-state index is 0.0161. The molecule has 0 saturated carbocycles. The fraction of sp³-hybridized carbons (Fsp3) is 0.111. The molecule has 2 aromatic carbocycles. The number of rotatable bonds is 5. The number of hydrogen-bond donors (Lipinski definition) is 1. The van der Waals surface area contributed by atoms with Crippen molar-refractivity contribution in [2.75, 3.05) is 5.32 Å². The summed E-state index contributed by atoms with van der Waals surface area (Å²) in [4.78, 5) is 11.6. The van der Waals surface area contributed by atoms with Crippen LogP contribution in [0.2, 0.25) is 0 Å². The molecule has 0 atom stereocenters. The third-order valence-corrected chi connectivity index (χ3v) is 3.44. The minimum atomic E-state index is -0.0161. The number of aromatic nitrogens is 2. The van der Waals surface area contributed by atoms with Crippen molar-refractivity contribution in [2.45, 2.75) is 13.5 Å². The zero-order valence-electron chi connectivity index (χ0n) is 13.0. The first-order valence-electron chi connectivity index (χ1n) is 7.34. The number of benzene rings is 2. The first-order valence-corrected chi connectivity index (χ1v) is 7.34. The smallest absolute Gasteiger partial charge is 0.247 e. The average Bonchev–Trinajstić information content (AvgIpc) is 3.09. The van der Waals surface area contributed by atoms with Crippen molar-refractivity contribution in [3.63, 3.8) is 0 Å². The van der Waals surface area contributed by atoms with Crippen molar-refractivity contribution in [3.8, 4) is 17.5 Å². The Morgan fingerprint density at radius 2 is 2.04 bits per heavy atom. The molecule has 1 aromatic heterocycles. The number of ketones is 1. The number of nitrogens with zero attached hydrogens (tertiary/aromatic N) is 3. The van der Waals surface area contributed by atoms with Crippen molar-refractivity contribution in [1.82, 2.24) is 10.2 Å². The third-order valence-electron chi connectivity index (χ3n) is 3.44. The van der Waals surface area contributed by atoms with Crippen molar-refractivity contribution in [1.29, 1.82) is 5.26 Å². The van der Waals surface area contributed by atoms with Gasteiger partial charge in [-0.3, -0.25) is 4.79 Å². The Kier molecular flexibility index (Phi) is 4.34. The predicted molar refractivity (Wildman–Crippen MR) is 88.2 cm³/mol. The first kappa shape index (κ1) is 15.4. The third kappa shape index (κ3) is 3.31. The van der Waals surface area contributed by atoms with Crippen LogP contribution in [0.25, 0.3) is 11.5 Å². The van der Waals surface area contributed by atoms with E-state index in [1.165, 1.54) is 6.92 Å². The largest absolute Gasteiger partial charge is 0.419 e. The van der Waals surface area contributed by atoms with E-state index in [1.807, 2.05) is 18.2 Å². The summed E-state index contributed by atoms with van der Waals surface area (Å²) < 4.78 is 5.61. The maximum atomic E-state index is 11.6. The Balaban J connectivity index is 1.75. The summed E-state index contributed by atoms with van der Waals surface area (Å²) in [5, 5.41) is 20.1. The molecular weight excluding hydrogens is 304 g/mol. The molecule has 24 heavy (non-hydrogen) atoms. The summed E-state index contributed by atoms with van der Waals surface area (Å²) in [6.07, 6.45) is 0. The van der Waals surface area contributed by atoms with Crippen LogP contribution in [0.5, 0.6) is 0 Å². The summed E-state index contributed by atoms with van der Waals surface area (Å²) in [7, 11) is 0. The number of Topliss-reactive ketones (excluding diaryl/α,β-unsaturated/α-hetero) is 1. The van der Waals surface area contributed by atoms with Crippen LogP contribution in [0.1, 0.15) is 28.7 Å². The second-order valence-corrected chi connectivity index (χ2v) is 5.15. The van der Waals surface area contributed by atoms with Gasteiger partial charge in [0.25, 0.3) is 0 Å². The lowest BCUT2D eigenvalue weighted by molar-refractivity contribution is 0.101. The van der Waals surface area contributed by atoms with Gasteiger partial charge in [-0.1, -0.05) is 18.2 Å². The number of carbonyl (C=O) groups is 1. The monoisotopic (exact) mass is 318 g/mol. The number of nitriles is 1. The summed E-state index contributed by atoms with van der Waals surface area (Å²) in [5.41, 5.74) is 2.55. The maximum absolute atomic E-state index is 11.6. The van der Waals surface area contributed by atoms with Gasteiger partial charge in [0.15, 0.2) is 5.78 Å². The van der Waals surface area contributed by atoms with E-state index in [2.05, 4.69) is 21.6 Å². The first-order chi connectivity index (χ1) is 11.7. The Hall–Kier alpha value is -3.46. The summed E-state index contributed by atoms with van der Waals surface area (Å²) >= 11 is 0. The quantitative estimate of drug-likeness (QED) is 0.725. The van der Waals surface area contributed by atoms with Crippen LogP contribution < -0.4 is 5.32 Å². The van der Waals surface area contributed by atoms with E-state index in [0.717, 1.165) is 5.69 Å². The van der Waals surface area contributed by atoms with Gasteiger partial charge >= 0.3 is 0 Å². The molecule has 0 radical (unpaired) electrons. The highest BCUT2D eigenvalue weighted by Gasteiger charge is 2.11. The summed E-state index contributed by atoms with van der Waals surface area (Å²) in [6, 6.07) is 16.3. The second-order valence-electron chi connectivity index (χ2n) is 5.15. The molecule has 0 bridgehead atoms. The second kappa shape index (κ2) is 6.75. The van der Waals surface area contributed by atoms with E-state index >= 15 is 0 Å². The van der Waals surface area contributed by atoms with Crippen LogP contribution in [0.4, 0.5) is 5.69 Å². The average molecular weight is 318 g/mol. The molecule has 118 valence electrons. The molecule has 3 rings (SSSR count). The van der Waals surface area contributed by atoms with Crippen molar-refractivity contribution >= 4 is 11.5 Å². The van der Waals surface area contributed by atoms with E-state index in [4.69, 9.17) is 9.68 Å². The Labute approximate surface area is 138 Å². The normalized spacial score (nSPS) is 10.2. The van der Waals surface area contributed by atoms with Crippen LogP contribution in [0.3, 0.4) is 0 Å². The van der Waals surface area contributed by atoms with Crippen LogP contribution in [0, 0.1) is 11.3 Å². The Morgan fingerprint density at radius 3 is 2.83 bits per heavy atom. The van der Waals surface area contributed by atoms with Crippen LogP contribution in [-0.4, -0.2) is 16.0 Å². The van der Waals surface area contributed by atoms with Gasteiger partial charge in [-0.2, -0.15) is 5.26 Å². The molecular formula is C18H14N4O2. The van der Waals surface area contributed by atoms with Gasteiger partial charge in [-0.25, -0.2) is 0 Å². The van der Waals surface area contributed by atoms with Gasteiger partial charge in [0, 0.05) is 16.8 Å². The van der Waals surface area contributed by atoms with E-state index in [0.29, 0.717) is 35.0 Å². The van der Waals surface area contributed by atoms with Crippen molar-refractivity contribution in [3.05, 3.63) is 65.5 Å².